The number of amides is 1. The van der Waals surface area contributed by atoms with Crippen LogP contribution in [0.3, 0.4) is 0 Å². The van der Waals surface area contributed by atoms with Crippen molar-refractivity contribution < 1.29 is 9.90 Å². The molecule has 4 bridgehead atoms. The second-order valence-corrected chi connectivity index (χ2v) is 10.4. The third kappa shape index (κ3) is 3.14. The highest BCUT2D eigenvalue weighted by Gasteiger charge is 2.61. The van der Waals surface area contributed by atoms with Crippen LogP contribution in [0.1, 0.15) is 37.7 Å². The summed E-state index contributed by atoms with van der Waals surface area (Å²) in [6, 6.07) is 10.8. The van der Waals surface area contributed by atoms with Crippen LogP contribution in [0.15, 0.2) is 48.9 Å². The minimum atomic E-state index is -0.124. The van der Waals surface area contributed by atoms with Crippen LogP contribution >= 0.6 is 0 Å². The van der Waals surface area contributed by atoms with Crippen LogP contribution in [0.4, 0.5) is 5.82 Å². The van der Waals surface area contributed by atoms with E-state index in [-0.39, 0.29) is 11.5 Å². The van der Waals surface area contributed by atoms with Crippen LogP contribution in [0.5, 0.6) is 0 Å². The van der Waals surface area contributed by atoms with E-state index in [1.165, 1.54) is 5.56 Å². The largest absolute Gasteiger partial charge is 0.393 e. The molecule has 1 amide bonds. The summed E-state index contributed by atoms with van der Waals surface area (Å²) in [4.78, 5) is 26.6. The number of rotatable bonds is 4. The van der Waals surface area contributed by atoms with Crippen molar-refractivity contribution in [2.45, 2.75) is 43.6 Å². The van der Waals surface area contributed by atoms with E-state index in [1.807, 2.05) is 0 Å². The Hall–Kier alpha value is -2.47. The molecule has 6 nitrogen and oxygen atoms in total. The number of nitrogens with zero attached hydrogens (tertiary/aromatic N) is 4. The molecule has 168 valence electrons. The molecule has 2 heterocycles. The molecule has 32 heavy (non-hydrogen) atoms. The van der Waals surface area contributed by atoms with Gasteiger partial charge >= 0.3 is 0 Å². The van der Waals surface area contributed by atoms with Gasteiger partial charge < -0.3 is 14.9 Å². The van der Waals surface area contributed by atoms with E-state index < -0.39 is 0 Å². The maximum atomic E-state index is 13.7. The molecule has 5 fully saturated rings. The van der Waals surface area contributed by atoms with Crippen molar-refractivity contribution in [3.8, 4) is 0 Å². The van der Waals surface area contributed by atoms with E-state index in [2.05, 4.69) is 50.1 Å². The van der Waals surface area contributed by atoms with Crippen LogP contribution in [0.25, 0.3) is 0 Å². The molecule has 0 atom stereocenters. The molecule has 1 aromatic heterocycles. The monoisotopic (exact) mass is 432 g/mol. The van der Waals surface area contributed by atoms with Crippen LogP contribution in [0.2, 0.25) is 0 Å². The predicted octanol–water partition coefficient (Wildman–Crippen LogP) is 2.88. The summed E-state index contributed by atoms with van der Waals surface area (Å²) >= 11 is 0. The van der Waals surface area contributed by atoms with Gasteiger partial charge in [-0.3, -0.25) is 9.78 Å². The fraction of sp³-hybridized carbons (Fsp3) is 0.577. The van der Waals surface area contributed by atoms with E-state index in [0.29, 0.717) is 36.0 Å². The van der Waals surface area contributed by atoms with E-state index in [4.69, 9.17) is 0 Å². The van der Waals surface area contributed by atoms with Gasteiger partial charge in [-0.2, -0.15) is 0 Å². The summed E-state index contributed by atoms with van der Waals surface area (Å²) in [6.45, 7) is 3.07. The van der Waals surface area contributed by atoms with Crippen molar-refractivity contribution in [2.24, 2.45) is 23.7 Å². The number of aromatic nitrogens is 2. The maximum Gasteiger partial charge on any atom is 0.223 e. The quantitative estimate of drug-likeness (QED) is 0.805. The van der Waals surface area contributed by atoms with Gasteiger partial charge in [0, 0.05) is 50.4 Å². The van der Waals surface area contributed by atoms with Crippen LogP contribution in [-0.4, -0.2) is 58.2 Å². The van der Waals surface area contributed by atoms with Gasteiger partial charge in [0.2, 0.25) is 5.91 Å². The van der Waals surface area contributed by atoms with Crippen molar-refractivity contribution in [2.75, 3.05) is 31.1 Å². The molecular weight excluding hydrogens is 400 g/mol. The summed E-state index contributed by atoms with van der Waals surface area (Å²) in [5.41, 5.74) is 1.27. The molecule has 7 rings (SSSR count). The molecule has 0 spiro atoms. The smallest absolute Gasteiger partial charge is 0.223 e. The molecule has 2 aromatic rings. The Morgan fingerprint density at radius 3 is 2.22 bits per heavy atom. The second-order valence-electron chi connectivity index (χ2n) is 10.4. The summed E-state index contributed by atoms with van der Waals surface area (Å²) in [6.07, 6.45) is 9.95. The zero-order chi connectivity index (χ0) is 21.7. The van der Waals surface area contributed by atoms with Gasteiger partial charge in [-0.25, -0.2) is 4.98 Å². The van der Waals surface area contributed by atoms with Crippen LogP contribution in [0, 0.1) is 23.7 Å². The molecule has 5 aliphatic rings. The average molecular weight is 433 g/mol. The van der Waals surface area contributed by atoms with Crippen molar-refractivity contribution in [1.29, 1.82) is 0 Å². The summed E-state index contributed by atoms with van der Waals surface area (Å²) in [7, 11) is 0. The molecule has 6 heteroatoms. The lowest BCUT2D eigenvalue weighted by Gasteiger charge is -2.63. The summed E-state index contributed by atoms with van der Waals surface area (Å²) in [5.74, 6) is 3.04. The van der Waals surface area contributed by atoms with Crippen LogP contribution in [-0.2, 0) is 10.2 Å². The van der Waals surface area contributed by atoms with Gasteiger partial charge in [0.05, 0.1) is 12.3 Å². The normalized spacial score (nSPS) is 35.8. The standard InChI is InChI=1S/C26H32N4O2/c31-24(30-10-8-29(9-11-30)23-17-27-6-7-28-23)16-26(20-4-2-1-3-5-20)21-12-18-13-22(26)15-19(14-21)25(18)32/h1-7,17-19,21-22,25,32H,8-16H2. The van der Waals surface area contributed by atoms with Gasteiger partial charge in [0.15, 0.2) is 0 Å². The number of carbonyl (C=O) groups excluding carboxylic acids is 1. The summed E-state index contributed by atoms with van der Waals surface area (Å²) in [5, 5.41) is 10.7. The van der Waals surface area contributed by atoms with Gasteiger partial charge in [0.1, 0.15) is 5.82 Å². The Bertz CT molecular complexity index is 928. The molecule has 0 unspecified atom stereocenters. The number of aliphatic hydroxyl groups is 1. The Morgan fingerprint density at radius 2 is 1.62 bits per heavy atom. The minimum Gasteiger partial charge on any atom is -0.393 e. The predicted molar refractivity (Wildman–Crippen MR) is 122 cm³/mol. The van der Waals surface area contributed by atoms with E-state index in [1.54, 1.807) is 18.6 Å². The lowest BCUT2D eigenvalue weighted by atomic mass is 9.42. The fourth-order valence-electron chi connectivity index (χ4n) is 7.58. The van der Waals surface area contributed by atoms with Crippen molar-refractivity contribution in [1.82, 2.24) is 14.9 Å². The molecule has 1 aromatic carbocycles. The first kappa shape index (κ1) is 20.2. The van der Waals surface area contributed by atoms with Gasteiger partial charge in [-0.1, -0.05) is 30.3 Å². The van der Waals surface area contributed by atoms with Gasteiger partial charge in [0.25, 0.3) is 0 Å². The van der Waals surface area contributed by atoms with E-state index in [9.17, 15) is 9.90 Å². The molecule has 1 N–H and O–H groups in total. The van der Waals surface area contributed by atoms with Crippen molar-refractivity contribution in [3.05, 3.63) is 54.5 Å². The van der Waals surface area contributed by atoms with Gasteiger partial charge in [-0.05, 0) is 54.9 Å². The lowest BCUT2D eigenvalue weighted by molar-refractivity contribution is -0.153. The van der Waals surface area contributed by atoms with Gasteiger partial charge in [-0.15, -0.1) is 0 Å². The first-order valence-corrected chi connectivity index (χ1v) is 12.2. The number of hydrogen-bond donors (Lipinski definition) is 1. The summed E-state index contributed by atoms with van der Waals surface area (Å²) < 4.78 is 0. The molecule has 4 aliphatic carbocycles. The zero-order valence-corrected chi connectivity index (χ0v) is 18.5. The third-order valence-electron chi connectivity index (χ3n) is 9.03. The molecule has 1 aliphatic heterocycles. The van der Waals surface area contributed by atoms with E-state index in [0.717, 1.165) is 57.7 Å². The topological polar surface area (TPSA) is 69.6 Å². The Labute approximate surface area is 189 Å². The number of hydrogen-bond acceptors (Lipinski definition) is 5. The molecule has 1 saturated heterocycles. The lowest BCUT2D eigenvalue weighted by Crippen LogP contribution is -2.61. The third-order valence-corrected chi connectivity index (χ3v) is 9.03. The number of piperazine rings is 1. The molecule has 4 saturated carbocycles. The zero-order valence-electron chi connectivity index (χ0n) is 18.5. The van der Waals surface area contributed by atoms with E-state index >= 15 is 0 Å². The Kier molecular flexibility index (Phi) is 4.94. The SMILES string of the molecule is O=C(CC1(c2ccccc2)C2CC3CC1CC(C2)C3O)N1CCN(c2cnccn2)CC1. The number of anilines is 1. The Morgan fingerprint density at radius 1 is 0.969 bits per heavy atom. The number of carbonyl (C=O) groups is 1. The first-order chi connectivity index (χ1) is 15.6. The fourth-order valence-corrected chi connectivity index (χ4v) is 7.58. The highest BCUT2D eigenvalue weighted by atomic mass is 16.3. The molecular formula is C26H32N4O2. The van der Waals surface area contributed by atoms with Crippen molar-refractivity contribution >= 4 is 11.7 Å². The maximum absolute atomic E-state index is 13.7. The minimum absolute atomic E-state index is 0.0759. The van der Waals surface area contributed by atoms with Crippen molar-refractivity contribution in [3.63, 3.8) is 0 Å². The highest BCUT2D eigenvalue weighted by molar-refractivity contribution is 5.78. The second kappa shape index (κ2) is 7.84. The average Bonchev–Trinajstić information content (AvgIpc) is 2.84. The number of aliphatic hydroxyl groups excluding tert-OH is 1. The Balaban J connectivity index is 1.23. The molecule has 0 radical (unpaired) electrons. The van der Waals surface area contributed by atoms with Crippen LogP contribution < -0.4 is 4.90 Å². The number of benzene rings is 1. The first-order valence-electron chi connectivity index (χ1n) is 12.2. The highest BCUT2D eigenvalue weighted by Crippen LogP contribution is 2.64.